The summed E-state index contributed by atoms with van der Waals surface area (Å²) < 4.78 is 5.10. The number of amides is 1. The number of carbonyl (C=O) groups is 1. The number of nitrogens with one attached hydrogen (secondary N) is 1. The first-order valence-electron chi connectivity index (χ1n) is 7.24. The number of nitrogens with zero attached hydrogens (tertiary/aromatic N) is 3. The molecule has 0 spiro atoms. The Bertz CT molecular complexity index is 675. The molecule has 0 unspecified atom stereocenters. The molecule has 1 aromatic carbocycles. The fraction of sp³-hybridized carbons (Fsp3) is 0.400. The number of benzene rings is 1. The van der Waals surface area contributed by atoms with Gasteiger partial charge in [-0.2, -0.15) is 4.98 Å². The molecule has 0 radical (unpaired) electrons. The normalized spacial score (nSPS) is 11.0. The van der Waals surface area contributed by atoms with Gasteiger partial charge in [0.1, 0.15) is 0 Å². The van der Waals surface area contributed by atoms with Crippen molar-refractivity contribution in [3.63, 3.8) is 0 Å². The van der Waals surface area contributed by atoms with Gasteiger partial charge in [-0.3, -0.25) is 9.69 Å². The van der Waals surface area contributed by atoms with E-state index in [0.29, 0.717) is 34.0 Å². The molecule has 8 heteroatoms. The lowest BCUT2D eigenvalue weighted by Crippen LogP contribution is -2.33. The van der Waals surface area contributed by atoms with E-state index in [4.69, 9.17) is 27.7 Å². The van der Waals surface area contributed by atoms with Crippen LogP contribution in [0.25, 0.3) is 0 Å². The van der Waals surface area contributed by atoms with E-state index in [-0.39, 0.29) is 12.5 Å². The van der Waals surface area contributed by atoms with E-state index in [1.54, 1.807) is 25.1 Å². The highest BCUT2D eigenvalue weighted by molar-refractivity contribution is 6.36. The summed E-state index contributed by atoms with van der Waals surface area (Å²) in [5.41, 5.74) is 0.533. The van der Waals surface area contributed by atoms with Crippen LogP contribution in [0.4, 0.5) is 5.69 Å². The van der Waals surface area contributed by atoms with Crippen molar-refractivity contribution in [1.82, 2.24) is 15.0 Å². The largest absolute Gasteiger partial charge is 0.338 e. The summed E-state index contributed by atoms with van der Waals surface area (Å²) in [6, 6.07) is 4.94. The van der Waals surface area contributed by atoms with Crippen molar-refractivity contribution < 1.29 is 9.32 Å². The Morgan fingerprint density at radius 3 is 2.78 bits per heavy atom. The van der Waals surface area contributed by atoms with Crippen LogP contribution in [0.15, 0.2) is 22.7 Å². The average molecular weight is 357 g/mol. The first kappa shape index (κ1) is 17.7. The number of halogens is 2. The van der Waals surface area contributed by atoms with Gasteiger partial charge < -0.3 is 9.84 Å². The third-order valence-electron chi connectivity index (χ3n) is 3.04. The molecular weight excluding hydrogens is 339 g/mol. The number of aromatic nitrogens is 2. The maximum atomic E-state index is 12.2. The number of hydrogen-bond donors (Lipinski definition) is 1. The number of hydrogen-bond acceptors (Lipinski definition) is 5. The Balaban J connectivity index is 1.97. The summed E-state index contributed by atoms with van der Waals surface area (Å²) in [5.74, 6) is 0.904. The molecule has 1 heterocycles. The Kier molecular flexibility index (Phi) is 6.38. The Morgan fingerprint density at radius 2 is 2.17 bits per heavy atom. The molecule has 0 saturated carbocycles. The number of anilines is 1. The molecule has 0 aliphatic heterocycles. The van der Waals surface area contributed by atoms with Crippen LogP contribution in [0.2, 0.25) is 10.0 Å². The molecular formula is C15H18Cl2N4O2. The standard InChI is InChI=1S/C15H18Cl2N4O2/c1-3-6-21(9-15-18-10(2)20-23-15)8-14(22)19-13-5-4-11(16)7-12(13)17/h4-5,7H,3,6,8-9H2,1-2H3,(H,19,22). The predicted octanol–water partition coefficient (Wildman–Crippen LogP) is 3.54. The summed E-state index contributed by atoms with van der Waals surface area (Å²) in [6.45, 7) is 5.17. The van der Waals surface area contributed by atoms with Gasteiger partial charge >= 0.3 is 0 Å². The second kappa shape index (κ2) is 8.29. The maximum absolute atomic E-state index is 12.2. The van der Waals surface area contributed by atoms with E-state index >= 15 is 0 Å². The first-order valence-corrected chi connectivity index (χ1v) is 8.00. The van der Waals surface area contributed by atoms with Crippen molar-refractivity contribution in [1.29, 1.82) is 0 Å². The lowest BCUT2D eigenvalue weighted by molar-refractivity contribution is -0.117. The van der Waals surface area contributed by atoms with Crippen molar-refractivity contribution in [2.75, 3.05) is 18.4 Å². The van der Waals surface area contributed by atoms with E-state index in [9.17, 15) is 4.79 Å². The fourth-order valence-electron chi connectivity index (χ4n) is 2.11. The molecule has 0 aliphatic carbocycles. The van der Waals surface area contributed by atoms with Gasteiger partial charge in [0, 0.05) is 5.02 Å². The fourth-order valence-corrected chi connectivity index (χ4v) is 2.57. The van der Waals surface area contributed by atoms with E-state index in [1.807, 2.05) is 11.8 Å². The van der Waals surface area contributed by atoms with Crippen molar-refractivity contribution in [2.45, 2.75) is 26.8 Å². The molecule has 0 bridgehead atoms. The number of rotatable bonds is 7. The Labute approximate surface area is 144 Å². The van der Waals surface area contributed by atoms with Gasteiger partial charge in [-0.25, -0.2) is 0 Å². The van der Waals surface area contributed by atoms with Crippen LogP contribution in [0.5, 0.6) is 0 Å². The minimum absolute atomic E-state index is 0.168. The first-order chi connectivity index (χ1) is 11.0. The SMILES string of the molecule is CCCN(CC(=O)Nc1ccc(Cl)cc1Cl)Cc1nc(C)no1. The average Bonchev–Trinajstić information content (AvgIpc) is 2.87. The lowest BCUT2D eigenvalue weighted by Gasteiger charge is -2.19. The zero-order valence-electron chi connectivity index (χ0n) is 13.0. The van der Waals surface area contributed by atoms with E-state index in [1.165, 1.54) is 0 Å². The van der Waals surface area contributed by atoms with Gasteiger partial charge in [0.2, 0.25) is 11.8 Å². The Hall–Kier alpha value is -1.63. The van der Waals surface area contributed by atoms with Crippen LogP contribution < -0.4 is 5.32 Å². The van der Waals surface area contributed by atoms with Crippen molar-refractivity contribution in [2.24, 2.45) is 0 Å². The minimum Gasteiger partial charge on any atom is -0.338 e. The summed E-state index contributed by atoms with van der Waals surface area (Å²) in [5, 5.41) is 7.46. The van der Waals surface area contributed by atoms with Gasteiger partial charge in [0.25, 0.3) is 0 Å². The molecule has 2 aromatic rings. The molecule has 0 aliphatic rings. The maximum Gasteiger partial charge on any atom is 0.240 e. The monoisotopic (exact) mass is 356 g/mol. The predicted molar refractivity (Wildman–Crippen MR) is 89.7 cm³/mol. The number of carbonyl (C=O) groups excluding carboxylic acids is 1. The molecule has 23 heavy (non-hydrogen) atoms. The second-order valence-electron chi connectivity index (χ2n) is 5.12. The lowest BCUT2D eigenvalue weighted by atomic mass is 10.3. The Morgan fingerprint density at radius 1 is 1.39 bits per heavy atom. The third kappa shape index (κ3) is 5.49. The van der Waals surface area contributed by atoms with Crippen LogP contribution in [0.1, 0.15) is 25.1 Å². The topological polar surface area (TPSA) is 71.3 Å². The van der Waals surface area contributed by atoms with E-state index in [2.05, 4.69) is 15.5 Å². The van der Waals surface area contributed by atoms with Crippen LogP contribution in [-0.2, 0) is 11.3 Å². The third-order valence-corrected chi connectivity index (χ3v) is 3.59. The zero-order valence-corrected chi connectivity index (χ0v) is 14.5. The van der Waals surface area contributed by atoms with Crippen molar-refractivity contribution in [3.05, 3.63) is 40.0 Å². The molecule has 124 valence electrons. The van der Waals surface area contributed by atoms with Crippen molar-refractivity contribution in [3.8, 4) is 0 Å². The minimum atomic E-state index is -0.168. The van der Waals surface area contributed by atoms with Gasteiger partial charge in [0.15, 0.2) is 5.82 Å². The smallest absolute Gasteiger partial charge is 0.240 e. The summed E-state index contributed by atoms with van der Waals surface area (Å²) >= 11 is 11.9. The molecule has 0 saturated heterocycles. The molecule has 6 nitrogen and oxygen atoms in total. The second-order valence-corrected chi connectivity index (χ2v) is 5.96. The van der Waals surface area contributed by atoms with Crippen molar-refractivity contribution >= 4 is 34.8 Å². The molecule has 2 rings (SSSR count). The van der Waals surface area contributed by atoms with Crippen LogP contribution in [0, 0.1) is 6.92 Å². The van der Waals surface area contributed by atoms with Gasteiger partial charge in [-0.15, -0.1) is 0 Å². The molecule has 1 amide bonds. The highest BCUT2D eigenvalue weighted by atomic mass is 35.5. The van der Waals surface area contributed by atoms with E-state index < -0.39 is 0 Å². The van der Waals surface area contributed by atoms with E-state index in [0.717, 1.165) is 13.0 Å². The van der Waals surface area contributed by atoms with Crippen LogP contribution in [0.3, 0.4) is 0 Å². The van der Waals surface area contributed by atoms with Gasteiger partial charge in [0.05, 0.1) is 23.8 Å². The van der Waals surface area contributed by atoms with Gasteiger partial charge in [-0.05, 0) is 38.1 Å². The quantitative estimate of drug-likeness (QED) is 0.821. The van der Waals surface area contributed by atoms with Crippen LogP contribution >= 0.6 is 23.2 Å². The summed E-state index contributed by atoms with van der Waals surface area (Å²) in [4.78, 5) is 18.3. The van der Waals surface area contributed by atoms with Gasteiger partial charge in [-0.1, -0.05) is 35.3 Å². The zero-order chi connectivity index (χ0) is 16.8. The highest BCUT2D eigenvalue weighted by Gasteiger charge is 2.15. The van der Waals surface area contributed by atoms with Crippen LogP contribution in [-0.4, -0.2) is 34.0 Å². The highest BCUT2D eigenvalue weighted by Crippen LogP contribution is 2.25. The molecule has 0 atom stereocenters. The molecule has 1 N–H and O–H groups in total. The summed E-state index contributed by atoms with van der Waals surface area (Å²) in [6.07, 6.45) is 0.905. The molecule has 0 fully saturated rings. The summed E-state index contributed by atoms with van der Waals surface area (Å²) in [7, 11) is 0. The number of aryl methyl sites for hydroxylation is 1. The molecule has 1 aromatic heterocycles.